The highest BCUT2D eigenvalue weighted by Gasteiger charge is 2.19. The Morgan fingerprint density at radius 1 is 0.362 bits per heavy atom. The highest BCUT2D eigenvalue weighted by atomic mass is 16.6. The van der Waals surface area contributed by atoms with Gasteiger partial charge in [0.2, 0.25) is 0 Å². The maximum atomic E-state index is 12.7. The van der Waals surface area contributed by atoms with Crippen LogP contribution < -0.4 is 0 Å². The van der Waals surface area contributed by atoms with Gasteiger partial charge in [0.1, 0.15) is 13.2 Å². The van der Waals surface area contributed by atoms with E-state index >= 15 is 0 Å². The van der Waals surface area contributed by atoms with Crippen LogP contribution in [0.5, 0.6) is 0 Å². The second kappa shape index (κ2) is 46.3. The molecule has 0 aromatic rings. The molecular formula is C52H86O6. The summed E-state index contributed by atoms with van der Waals surface area (Å²) in [6.07, 6.45) is 58.5. The van der Waals surface area contributed by atoms with Crippen LogP contribution in [-0.2, 0) is 28.6 Å². The van der Waals surface area contributed by atoms with Gasteiger partial charge < -0.3 is 14.2 Å². The summed E-state index contributed by atoms with van der Waals surface area (Å²) in [5.74, 6) is -0.964. The highest BCUT2D eigenvalue weighted by Crippen LogP contribution is 2.14. The summed E-state index contributed by atoms with van der Waals surface area (Å²) in [7, 11) is 0. The Hall–Kier alpha value is -3.41. The van der Waals surface area contributed by atoms with E-state index in [-0.39, 0.29) is 37.5 Å². The zero-order valence-corrected chi connectivity index (χ0v) is 37.5. The molecule has 0 N–H and O–H groups in total. The molecule has 0 fully saturated rings. The van der Waals surface area contributed by atoms with Crippen LogP contribution >= 0.6 is 0 Å². The Kier molecular flexibility index (Phi) is 43.6. The first-order valence-corrected chi connectivity index (χ1v) is 23.7. The van der Waals surface area contributed by atoms with E-state index in [0.717, 1.165) is 89.9 Å². The summed E-state index contributed by atoms with van der Waals surface area (Å²) in [5.41, 5.74) is 0. The molecular weight excluding hydrogens is 721 g/mol. The second-order valence-electron chi connectivity index (χ2n) is 15.4. The zero-order chi connectivity index (χ0) is 42.3. The van der Waals surface area contributed by atoms with Crippen LogP contribution in [0.25, 0.3) is 0 Å². The van der Waals surface area contributed by atoms with Crippen LogP contribution in [0.2, 0.25) is 0 Å². The molecule has 0 heterocycles. The molecule has 0 spiro atoms. The number of esters is 3. The third-order valence-electron chi connectivity index (χ3n) is 9.80. The molecule has 1 atom stereocenters. The molecule has 330 valence electrons. The van der Waals surface area contributed by atoms with Crippen molar-refractivity contribution >= 4 is 17.9 Å². The maximum absolute atomic E-state index is 12.7. The molecule has 58 heavy (non-hydrogen) atoms. The molecule has 0 amide bonds. The molecule has 0 saturated carbocycles. The Bertz CT molecular complexity index is 1160. The van der Waals surface area contributed by atoms with Gasteiger partial charge in [-0.2, -0.15) is 0 Å². The van der Waals surface area contributed by atoms with Gasteiger partial charge in [-0.05, 0) is 57.8 Å². The quantitative estimate of drug-likeness (QED) is 0.0265. The minimum absolute atomic E-state index is 0.0987. The standard InChI is InChI=1S/C52H86O6/c1-4-7-10-13-16-19-22-25-28-30-33-36-39-42-45-51(54)57-48-49(58-52(55)46-43-40-37-34-31-27-24-21-18-15-12-9-6-3)47-56-50(53)44-41-38-35-32-29-26-23-20-17-14-11-8-5-2/h8-9,11-12,14-15,17-18,20-21,23-24,27,31,49H,4-7,10,13,16,19,22,25-26,28-30,32-48H2,1-3H3/b11-8+,12-9+,17-14+,18-15+,23-20+,24-21+,31-27+. The number of carbonyl (C=O) groups is 3. The van der Waals surface area contributed by atoms with Gasteiger partial charge in [0.25, 0.3) is 0 Å². The lowest BCUT2D eigenvalue weighted by Gasteiger charge is -2.18. The number of hydrogen-bond acceptors (Lipinski definition) is 6. The van der Waals surface area contributed by atoms with E-state index in [1.54, 1.807) is 0 Å². The Balaban J connectivity index is 4.47. The lowest BCUT2D eigenvalue weighted by molar-refractivity contribution is -0.167. The van der Waals surface area contributed by atoms with Crippen molar-refractivity contribution in [3.8, 4) is 0 Å². The van der Waals surface area contributed by atoms with Crippen molar-refractivity contribution in [2.75, 3.05) is 13.2 Å². The normalized spacial score (nSPS) is 12.8. The van der Waals surface area contributed by atoms with Gasteiger partial charge in [-0.3, -0.25) is 14.4 Å². The van der Waals surface area contributed by atoms with E-state index < -0.39 is 6.10 Å². The van der Waals surface area contributed by atoms with Crippen LogP contribution in [0.15, 0.2) is 85.1 Å². The SMILES string of the molecule is CC/C=C/C=C/C=C/C=C/CCCCCC(=O)OC(COC(=O)CCCCCCC/C=C/C=C/C=C/CC)COC(=O)CCCCCCCCCCCCCCCC. The number of hydrogen-bond donors (Lipinski definition) is 0. The first-order valence-electron chi connectivity index (χ1n) is 23.7. The molecule has 0 aliphatic rings. The van der Waals surface area contributed by atoms with Gasteiger partial charge in [0.15, 0.2) is 6.10 Å². The molecule has 0 radical (unpaired) electrons. The van der Waals surface area contributed by atoms with Crippen LogP contribution in [0.4, 0.5) is 0 Å². The smallest absolute Gasteiger partial charge is 0.306 e. The molecule has 0 aliphatic heterocycles. The fourth-order valence-corrected chi connectivity index (χ4v) is 6.27. The van der Waals surface area contributed by atoms with Crippen LogP contribution in [0.1, 0.15) is 207 Å². The molecule has 0 saturated heterocycles. The molecule has 6 heteroatoms. The second-order valence-corrected chi connectivity index (χ2v) is 15.4. The summed E-state index contributed by atoms with van der Waals surface area (Å²) in [6.45, 7) is 6.30. The minimum Gasteiger partial charge on any atom is -0.462 e. The third kappa shape index (κ3) is 43.7. The number of ether oxygens (including phenoxy) is 3. The van der Waals surface area contributed by atoms with Crippen molar-refractivity contribution in [1.82, 2.24) is 0 Å². The summed E-state index contributed by atoms with van der Waals surface area (Å²) in [6, 6.07) is 0. The van der Waals surface area contributed by atoms with Crippen molar-refractivity contribution in [2.45, 2.75) is 213 Å². The predicted molar refractivity (Wildman–Crippen MR) is 247 cm³/mol. The first kappa shape index (κ1) is 54.6. The van der Waals surface area contributed by atoms with Crippen molar-refractivity contribution in [3.63, 3.8) is 0 Å². The fourth-order valence-electron chi connectivity index (χ4n) is 6.27. The maximum Gasteiger partial charge on any atom is 0.306 e. The lowest BCUT2D eigenvalue weighted by Crippen LogP contribution is -2.30. The topological polar surface area (TPSA) is 78.9 Å². The van der Waals surface area contributed by atoms with Crippen molar-refractivity contribution in [3.05, 3.63) is 85.1 Å². The largest absolute Gasteiger partial charge is 0.462 e. The molecule has 0 aromatic heterocycles. The van der Waals surface area contributed by atoms with E-state index in [2.05, 4.69) is 69.4 Å². The average molecular weight is 807 g/mol. The van der Waals surface area contributed by atoms with Crippen LogP contribution in [-0.4, -0.2) is 37.2 Å². The predicted octanol–water partition coefficient (Wildman–Crippen LogP) is 15.3. The van der Waals surface area contributed by atoms with Gasteiger partial charge in [-0.1, -0.05) is 215 Å². The average Bonchev–Trinajstić information content (AvgIpc) is 3.22. The first-order chi connectivity index (χ1) is 28.5. The van der Waals surface area contributed by atoms with Gasteiger partial charge in [0.05, 0.1) is 0 Å². The van der Waals surface area contributed by atoms with E-state index in [1.807, 2.05) is 36.5 Å². The van der Waals surface area contributed by atoms with Gasteiger partial charge >= 0.3 is 17.9 Å². The van der Waals surface area contributed by atoms with Gasteiger partial charge in [-0.25, -0.2) is 0 Å². The molecule has 0 aliphatic carbocycles. The minimum atomic E-state index is -0.802. The van der Waals surface area contributed by atoms with Crippen molar-refractivity contribution < 1.29 is 28.6 Å². The Morgan fingerprint density at radius 3 is 1.07 bits per heavy atom. The highest BCUT2D eigenvalue weighted by molar-refractivity contribution is 5.71. The van der Waals surface area contributed by atoms with E-state index in [9.17, 15) is 14.4 Å². The van der Waals surface area contributed by atoms with Gasteiger partial charge in [-0.15, -0.1) is 0 Å². The van der Waals surface area contributed by atoms with Crippen LogP contribution in [0.3, 0.4) is 0 Å². The summed E-state index contributed by atoms with van der Waals surface area (Å²) >= 11 is 0. The summed E-state index contributed by atoms with van der Waals surface area (Å²) in [4.78, 5) is 37.8. The number of carbonyl (C=O) groups excluding carboxylic acids is 3. The van der Waals surface area contributed by atoms with E-state index in [1.165, 1.54) is 70.6 Å². The van der Waals surface area contributed by atoms with Crippen molar-refractivity contribution in [2.24, 2.45) is 0 Å². The molecule has 0 bridgehead atoms. The molecule has 0 aromatic carbocycles. The summed E-state index contributed by atoms with van der Waals surface area (Å²) in [5, 5.41) is 0. The van der Waals surface area contributed by atoms with Crippen molar-refractivity contribution in [1.29, 1.82) is 0 Å². The van der Waals surface area contributed by atoms with Crippen LogP contribution in [0, 0.1) is 0 Å². The Labute approximate surface area is 356 Å². The number of rotatable bonds is 41. The number of unbranched alkanes of at least 4 members (excludes halogenated alkanes) is 21. The van der Waals surface area contributed by atoms with Gasteiger partial charge in [0, 0.05) is 19.3 Å². The zero-order valence-electron chi connectivity index (χ0n) is 37.5. The monoisotopic (exact) mass is 807 g/mol. The molecule has 0 rings (SSSR count). The fraction of sp³-hybridized carbons (Fsp3) is 0.673. The third-order valence-corrected chi connectivity index (χ3v) is 9.80. The van der Waals surface area contributed by atoms with E-state index in [0.29, 0.717) is 19.3 Å². The number of allylic oxidation sites excluding steroid dienone is 14. The van der Waals surface area contributed by atoms with E-state index in [4.69, 9.17) is 14.2 Å². The molecule has 6 nitrogen and oxygen atoms in total. The Morgan fingerprint density at radius 2 is 0.672 bits per heavy atom. The lowest BCUT2D eigenvalue weighted by atomic mass is 10.0. The summed E-state index contributed by atoms with van der Waals surface area (Å²) < 4.78 is 16.7. The molecule has 1 unspecified atom stereocenters.